The third-order valence-electron chi connectivity index (χ3n) is 7.66. The highest BCUT2D eigenvalue weighted by Crippen LogP contribution is 2.42. The highest BCUT2D eigenvalue weighted by molar-refractivity contribution is 6.02. The number of ketones is 1. The Morgan fingerprint density at radius 1 is 0.974 bits per heavy atom. The first kappa shape index (κ1) is 25.9. The molecule has 0 amide bonds. The van der Waals surface area contributed by atoms with Gasteiger partial charge in [-0.05, 0) is 61.5 Å². The van der Waals surface area contributed by atoms with Gasteiger partial charge in [0.15, 0.2) is 5.78 Å². The molecule has 3 aromatic rings. The molecule has 5 rings (SSSR count). The number of carbonyl (C=O) groups excluding carboxylic acids is 1. The maximum Gasteiger partial charge on any atom is 0.345 e. The minimum Gasteiger partial charge on any atom is -0.493 e. The van der Waals surface area contributed by atoms with E-state index in [0.717, 1.165) is 50.0 Å². The van der Waals surface area contributed by atoms with E-state index in [1.54, 1.807) is 18.2 Å². The molecule has 1 unspecified atom stereocenters. The van der Waals surface area contributed by atoms with Crippen molar-refractivity contribution in [2.24, 2.45) is 5.92 Å². The van der Waals surface area contributed by atoms with Crippen molar-refractivity contribution in [3.05, 3.63) is 95.6 Å². The van der Waals surface area contributed by atoms with Gasteiger partial charge in [-0.3, -0.25) is 4.79 Å². The van der Waals surface area contributed by atoms with Crippen LogP contribution in [0.5, 0.6) is 11.5 Å². The zero-order valence-corrected chi connectivity index (χ0v) is 21.3. The molecular formula is C31H33NO6. The van der Waals surface area contributed by atoms with Crippen LogP contribution < -0.4 is 9.47 Å². The fourth-order valence-electron chi connectivity index (χ4n) is 5.61. The minimum absolute atomic E-state index is 0.118. The molecular weight excluding hydrogens is 482 g/mol. The first-order valence-corrected chi connectivity index (χ1v) is 13.2. The Kier molecular flexibility index (Phi) is 7.77. The van der Waals surface area contributed by atoms with Crippen molar-refractivity contribution in [3.8, 4) is 11.5 Å². The van der Waals surface area contributed by atoms with Crippen LogP contribution in [0.3, 0.4) is 0 Å². The van der Waals surface area contributed by atoms with Crippen molar-refractivity contribution >= 4 is 11.8 Å². The monoisotopic (exact) mass is 515 g/mol. The lowest BCUT2D eigenvalue weighted by atomic mass is 9.72. The summed E-state index contributed by atoms with van der Waals surface area (Å²) >= 11 is 0. The summed E-state index contributed by atoms with van der Waals surface area (Å²) in [6.45, 7) is 3.17. The first-order valence-electron chi connectivity index (χ1n) is 13.2. The number of benzene rings is 3. The summed E-state index contributed by atoms with van der Waals surface area (Å²) in [7, 11) is 0. The molecule has 0 spiro atoms. The van der Waals surface area contributed by atoms with Crippen molar-refractivity contribution < 1.29 is 29.3 Å². The molecule has 1 fully saturated rings. The van der Waals surface area contributed by atoms with Gasteiger partial charge in [-0.2, -0.15) is 0 Å². The molecule has 1 atom stereocenters. The fourth-order valence-corrected chi connectivity index (χ4v) is 5.61. The molecule has 2 aliphatic heterocycles. The maximum absolute atomic E-state index is 12.2. The normalized spacial score (nSPS) is 18.4. The largest absolute Gasteiger partial charge is 0.493 e. The fraction of sp³-hybridized carbons (Fsp3) is 0.355. The van der Waals surface area contributed by atoms with Crippen molar-refractivity contribution in [1.82, 2.24) is 4.90 Å². The van der Waals surface area contributed by atoms with E-state index in [9.17, 15) is 19.8 Å². The second-order valence-corrected chi connectivity index (χ2v) is 10.0. The van der Waals surface area contributed by atoms with Gasteiger partial charge in [-0.25, -0.2) is 4.79 Å². The Balaban J connectivity index is 1.14. The van der Waals surface area contributed by atoms with Crippen molar-refractivity contribution in [1.29, 1.82) is 0 Å². The van der Waals surface area contributed by atoms with E-state index in [1.165, 1.54) is 0 Å². The number of rotatable bonds is 9. The number of hydrogen-bond donors (Lipinski definition) is 2. The number of Topliss-reactive ketones (excluding diaryl/α,β-unsaturated/α-hetero) is 1. The molecule has 7 heteroatoms. The molecule has 0 radical (unpaired) electrons. The number of ether oxygens (including phenoxy) is 2. The summed E-state index contributed by atoms with van der Waals surface area (Å²) in [5.74, 6) is -0.452. The number of aliphatic carboxylic acids is 1. The Hall–Kier alpha value is -3.68. The van der Waals surface area contributed by atoms with Crippen LogP contribution in [0.4, 0.5) is 0 Å². The second-order valence-electron chi connectivity index (χ2n) is 10.0. The predicted molar refractivity (Wildman–Crippen MR) is 143 cm³/mol. The smallest absolute Gasteiger partial charge is 0.345 e. The summed E-state index contributed by atoms with van der Waals surface area (Å²) in [6.07, 6.45) is 1.29. The topological polar surface area (TPSA) is 96.3 Å². The summed E-state index contributed by atoms with van der Waals surface area (Å²) in [6, 6.07) is 24.9. The van der Waals surface area contributed by atoms with E-state index < -0.39 is 17.7 Å². The number of hydrogen-bond acceptors (Lipinski definition) is 6. The van der Waals surface area contributed by atoms with E-state index in [2.05, 4.69) is 4.90 Å². The lowest BCUT2D eigenvalue weighted by Crippen LogP contribution is -2.44. The number of carbonyl (C=O) groups is 2. The number of piperidine rings is 1. The van der Waals surface area contributed by atoms with Gasteiger partial charge in [-0.1, -0.05) is 60.7 Å². The molecule has 2 aliphatic rings. The van der Waals surface area contributed by atoms with E-state index >= 15 is 0 Å². The zero-order valence-electron chi connectivity index (χ0n) is 21.3. The number of carboxylic acids is 1. The molecule has 7 nitrogen and oxygen atoms in total. The van der Waals surface area contributed by atoms with Crippen LogP contribution in [0.1, 0.15) is 47.2 Å². The van der Waals surface area contributed by atoms with Gasteiger partial charge in [0.25, 0.3) is 0 Å². The molecule has 2 N–H and O–H groups in total. The van der Waals surface area contributed by atoms with Crippen LogP contribution in [0.15, 0.2) is 78.9 Å². The lowest BCUT2D eigenvalue weighted by molar-refractivity contribution is -0.145. The first-order chi connectivity index (χ1) is 18.4. The van der Waals surface area contributed by atoms with Gasteiger partial charge < -0.3 is 24.6 Å². The van der Waals surface area contributed by atoms with Crippen molar-refractivity contribution in [3.63, 3.8) is 0 Å². The Bertz CT molecular complexity index is 1210. The second kappa shape index (κ2) is 11.4. The van der Waals surface area contributed by atoms with E-state index in [0.29, 0.717) is 17.9 Å². The Morgan fingerprint density at radius 2 is 1.61 bits per heavy atom. The highest BCUT2D eigenvalue weighted by atomic mass is 16.5. The third-order valence-corrected chi connectivity index (χ3v) is 7.66. The van der Waals surface area contributed by atoms with Crippen LogP contribution in [-0.4, -0.2) is 59.2 Å². The molecule has 3 aromatic carbocycles. The van der Waals surface area contributed by atoms with Crippen molar-refractivity contribution in [2.75, 3.05) is 26.2 Å². The van der Waals surface area contributed by atoms with Gasteiger partial charge in [0.05, 0.1) is 18.6 Å². The quantitative estimate of drug-likeness (QED) is 0.405. The van der Waals surface area contributed by atoms with Gasteiger partial charge in [-0.15, -0.1) is 0 Å². The van der Waals surface area contributed by atoms with Gasteiger partial charge >= 0.3 is 5.97 Å². The summed E-state index contributed by atoms with van der Waals surface area (Å²) in [4.78, 5) is 25.8. The number of aliphatic hydroxyl groups is 1. The SMILES string of the molecule is O=C1CC(C(=O)O)Oc2cc(OCCCN3CCC(C(O)(c4ccccc4)c4ccccc4)CC3)ccc21. The molecule has 38 heavy (non-hydrogen) atoms. The average Bonchev–Trinajstić information content (AvgIpc) is 2.96. The van der Waals surface area contributed by atoms with Crippen LogP contribution in [-0.2, 0) is 10.4 Å². The average molecular weight is 516 g/mol. The van der Waals surface area contributed by atoms with E-state index in [-0.39, 0.29) is 23.9 Å². The number of carboxylic acid groups (broad SMARTS) is 1. The molecule has 0 bridgehead atoms. The number of fused-ring (bicyclic) bond motifs is 1. The van der Waals surface area contributed by atoms with Crippen LogP contribution >= 0.6 is 0 Å². The molecule has 1 saturated heterocycles. The van der Waals surface area contributed by atoms with Gasteiger partial charge in [0.1, 0.15) is 17.1 Å². The molecule has 2 heterocycles. The summed E-state index contributed by atoms with van der Waals surface area (Å²) in [5.41, 5.74) is 1.24. The molecule has 0 saturated carbocycles. The van der Waals surface area contributed by atoms with Crippen LogP contribution in [0.2, 0.25) is 0 Å². The summed E-state index contributed by atoms with van der Waals surface area (Å²) in [5, 5.41) is 21.2. The summed E-state index contributed by atoms with van der Waals surface area (Å²) < 4.78 is 11.4. The zero-order chi connectivity index (χ0) is 26.5. The highest BCUT2D eigenvalue weighted by Gasteiger charge is 2.41. The molecule has 0 aliphatic carbocycles. The standard InChI is InChI=1S/C31H33NO6/c33-27-21-29(30(34)35)38-28-20-25(12-13-26(27)28)37-19-7-16-32-17-14-24(15-18-32)31(36,22-8-3-1-4-9-22)23-10-5-2-6-11-23/h1-6,8-13,20,24,29,36H,7,14-19,21H2,(H,34,35). The predicted octanol–water partition coefficient (Wildman–Crippen LogP) is 4.52. The lowest BCUT2D eigenvalue weighted by Gasteiger charge is -2.42. The third kappa shape index (κ3) is 5.44. The maximum atomic E-state index is 12.2. The Labute approximate surface area is 222 Å². The van der Waals surface area contributed by atoms with Crippen LogP contribution in [0.25, 0.3) is 0 Å². The molecule has 0 aromatic heterocycles. The van der Waals surface area contributed by atoms with E-state index in [4.69, 9.17) is 9.47 Å². The number of likely N-dealkylation sites (tertiary alicyclic amines) is 1. The Morgan fingerprint density at radius 3 is 2.21 bits per heavy atom. The minimum atomic E-state index is -1.16. The molecule has 198 valence electrons. The van der Waals surface area contributed by atoms with Crippen molar-refractivity contribution in [2.45, 2.75) is 37.4 Å². The van der Waals surface area contributed by atoms with Gasteiger partial charge in [0, 0.05) is 12.6 Å². The van der Waals surface area contributed by atoms with Crippen LogP contribution in [0, 0.1) is 5.92 Å². The van der Waals surface area contributed by atoms with E-state index in [1.807, 2.05) is 60.7 Å². The van der Waals surface area contributed by atoms with Gasteiger partial charge in [0.2, 0.25) is 6.10 Å². The number of nitrogens with zero attached hydrogens (tertiary/aromatic N) is 1.